The Hall–Kier alpha value is -3.36. The molecule has 2 fully saturated rings. The van der Waals surface area contributed by atoms with Gasteiger partial charge >= 0.3 is 11.8 Å². The van der Waals surface area contributed by atoms with Crippen molar-refractivity contribution in [2.75, 3.05) is 7.11 Å². The van der Waals surface area contributed by atoms with Gasteiger partial charge in [-0.2, -0.15) is 0 Å². The van der Waals surface area contributed by atoms with Crippen LogP contribution in [0.4, 0.5) is 4.79 Å². The number of fused-ring (bicyclic) bond motifs is 2. The van der Waals surface area contributed by atoms with E-state index in [4.69, 9.17) is 28.1 Å². The average Bonchev–Trinajstić information content (AvgIpc) is 3.15. The molecule has 8 heteroatoms. The second-order valence-electron chi connectivity index (χ2n) is 8.69. The monoisotopic (exact) mass is 452 g/mol. The number of aryl methyl sites for hydroxylation is 1. The number of hydrogen-bond acceptors (Lipinski definition) is 8. The van der Waals surface area contributed by atoms with Gasteiger partial charge in [0.25, 0.3) is 0 Å². The first-order chi connectivity index (χ1) is 15.8. The maximum Gasteiger partial charge on any atom is 0.509 e. The number of ether oxygens (including phenoxy) is 5. The molecule has 2 saturated heterocycles. The summed E-state index contributed by atoms with van der Waals surface area (Å²) < 4.78 is 33.9. The Morgan fingerprint density at radius 1 is 0.970 bits per heavy atom. The molecule has 0 bridgehead atoms. The largest absolute Gasteiger partial charge is 0.509 e. The second kappa shape index (κ2) is 7.90. The lowest BCUT2D eigenvalue weighted by molar-refractivity contribution is -0.282. The summed E-state index contributed by atoms with van der Waals surface area (Å²) in [5.41, 5.74) is 1.28. The summed E-state index contributed by atoms with van der Waals surface area (Å²) in [4.78, 5) is 24.6. The summed E-state index contributed by atoms with van der Waals surface area (Å²) in [6.07, 6.45) is -3.74. The molecule has 5 rings (SSSR count). The fourth-order valence-electron chi connectivity index (χ4n) is 4.65. The maximum absolute atomic E-state index is 12.8. The van der Waals surface area contributed by atoms with Crippen LogP contribution in [0, 0.1) is 6.92 Å². The lowest BCUT2D eigenvalue weighted by atomic mass is 9.89. The number of carbonyl (C=O) groups excluding carboxylic acids is 1. The molecule has 2 aliphatic heterocycles. The van der Waals surface area contributed by atoms with Crippen molar-refractivity contribution >= 4 is 17.1 Å². The lowest BCUT2D eigenvalue weighted by Crippen LogP contribution is -2.62. The number of carbonyl (C=O) groups is 1. The average molecular weight is 452 g/mol. The third-order valence-corrected chi connectivity index (χ3v) is 6.17. The fraction of sp³-hybridized carbons (Fsp3) is 0.360. The molecule has 1 unspecified atom stereocenters. The van der Waals surface area contributed by atoms with E-state index in [-0.39, 0.29) is 0 Å². The van der Waals surface area contributed by atoms with E-state index < -0.39 is 42.0 Å². The van der Waals surface area contributed by atoms with Gasteiger partial charge in [0.1, 0.15) is 17.4 Å². The predicted octanol–water partition coefficient (Wildman–Crippen LogP) is 4.20. The molecule has 0 radical (unpaired) electrons. The van der Waals surface area contributed by atoms with Gasteiger partial charge in [-0.25, -0.2) is 9.59 Å². The van der Waals surface area contributed by atoms with Gasteiger partial charge in [0.2, 0.25) is 12.4 Å². The van der Waals surface area contributed by atoms with Crippen LogP contribution in [-0.4, -0.2) is 43.5 Å². The molecule has 172 valence electrons. The highest BCUT2D eigenvalue weighted by Crippen LogP contribution is 2.39. The molecule has 4 atom stereocenters. The van der Waals surface area contributed by atoms with Crippen LogP contribution in [0.15, 0.2) is 57.7 Å². The number of hydrogen-bond donors (Lipinski definition) is 0. The Morgan fingerprint density at radius 3 is 2.42 bits per heavy atom. The first-order valence-electron chi connectivity index (χ1n) is 10.7. The van der Waals surface area contributed by atoms with Gasteiger partial charge in [0, 0.05) is 18.6 Å². The quantitative estimate of drug-likeness (QED) is 0.430. The standard InChI is InChI=1S/C25H24O8/c1-13-16-11-10-15(12-17(16)30-22(26)18(13)14-8-6-5-7-9-14)29-23-20-19(31-24(27)32-20)21(28-4)25(2,3)33-23/h5-12,19-21,23H,1-4H3/t19-,20+,21-,23?/m1/s1. The molecule has 0 saturated carbocycles. The zero-order valence-electron chi connectivity index (χ0n) is 18.7. The van der Waals surface area contributed by atoms with Gasteiger partial charge in [-0.3, -0.25) is 0 Å². The van der Waals surface area contributed by atoms with Crippen LogP contribution < -0.4 is 10.4 Å². The Bertz CT molecular complexity index is 1260. The van der Waals surface area contributed by atoms with E-state index in [1.807, 2.05) is 57.2 Å². The molecule has 2 aromatic carbocycles. The lowest BCUT2D eigenvalue weighted by Gasteiger charge is -2.45. The maximum atomic E-state index is 12.8. The minimum absolute atomic E-state index is 0.385. The molecule has 0 spiro atoms. The van der Waals surface area contributed by atoms with Crippen LogP contribution in [0.25, 0.3) is 22.1 Å². The van der Waals surface area contributed by atoms with E-state index >= 15 is 0 Å². The number of rotatable bonds is 4. The van der Waals surface area contributed by atoms with E-state index in [0.29, 0.717) is 16.9 Å². The highest BCUT2D eigenvalue weighted by atomic mass is 16.8. The topological polar surface area (TPSA) is 93.4 Å². The first-order valence-corrected chi connectivity index (χ1v) is 10.7. The van der Waals surface area contributed by atoms with E-state index in [0.717, 1.165) is 16.5 Å². The van der Waals surface area contributed by atoms with Crippen molar-refractivity contribution in [3.05, 3.63) is 64.5 Å². The van der Waals surface area contributed by atoms with Gasteiger partial charge in [0.15, 0.2) is 6.10 Å². The van der Waals surface area contributed by atoms with Crippen molar-refractivity contribution in [1.29, 1.82) is 0 Å². The molecule has 0 N–H and O–H groups in total. The van der Waals surface area contributed by atoms with Crippen molar-refractivity contribution in [1.82, 2.24) is 0 Å². The predicted molar refractivity (Wildman–Crippen MR) is 118 cm³/mol. The highest BCUT2D eigenvalue weighted by molar-refractivity contribution is 5.87. The van der Waals surface area contributed by atoms with Gasteiger partial charge in [-0.05, 0) is 44.0 Å². The Morgan fingerprint density at radius 2 is 1.70 bits per heavy atom. The van der Waals surface area contributed by atoms with E-state index in [9.17, 15) is 9.59 Å². The highest BCUT2D eigenvalue weighted by Gasteiger charge is 2.58. The van der Waals surface area contributed by atoms with Crippen LogP contribution in [0.5, 0.6) is 5.75 Å². The molecule has 0 amide bonds. The van der Waals surface area contributed by atoms with Gasteiger partial charge in [-0.1, -0.05) is 30.3 Å². The van der Waals surface area contributed by atoms with Crippen molar-refractivity contribution in [3.63, 3.8) is 0 Å². The van der Waals surface area contributed by atoms with Crippen molar-refractivity contribution in [2.45, 2.75) is 51.0 Å². The molecule has 2 aliphatic rings. The molecule has 0 aliphatic carbocycles. The van der Waals surface area contributed by atoms with Crippen LogP contribution in [0.1, 0.15) is 19.4 Å². The zero-order valence-corrected chi connectivity index (χ0v) is 18.7. The second-order valence-corrected chi connectivity index (χ2v) is 8.69. The Labute approximate surface area is 190 Å². The fourth-order valence-corrected chi connectivity index (χ4v) is 4.65. The van der Waals surface area contributed by atoms with Gasteiger partial charge in [-0.15, -0.1) is 0 Å². The van der Waals surface area contributed by atoms with E-state index in [1.54, 1.807) is 12.1 Å². The van der Waals surface area contributed by atoms with Gasteiger partial charge < -0.3 is 28.1 Å². The van der Waals surface area contributed by atoms with E-state index in [1.165, 1.54) is 7.11 Å². The number of benzene rings is 2. The van der Waals surface area contributed by atoms with Crippen molar-refractivity contribution in [3.8, 4) is 16.9 Å². The summed E-state index contributed by atoms with van der Waals surface area (Å²) in [6, 6.07) is 14.6. The Balaban J connectivity index is 1.49. The zero-order chi connectivity index (χ0) is 23.3. The summed E-state index contributed by atoms with van der Waals surface area (Å²) in [6.45, 7) is 5.54. The summed E-state index contributed by atoms with van der Waals surface area (Å²) in [7, 11) is 1.53. The SMILES string of the molecule is CO[C@@H]1[C@@H]2OC(=O)O[C@@H]2C(Oc2ccc3c(C)c(-c4ccccc4)c(=O)oc3c2)OC1(C)C. The van der Waals surface area contributed by atoms with Crippen molar-refractivity contribution < 1.29 is 32.9 Å². The summed E-state index contributed by atoms with van der Waals surface area (Å²) in [5.74, 6) is 0.399. The van der Waals surface area contributed by atoms with Crippen molar-refractivity contribution in [2.24, 2.45) is 0 Å². The molecule has 33 heavy (non-hydrogen) atoms. The van der Waals surface area contributed by atoms with E-state index in [2.05, 4.69) is 0 Å². The molecule has 8 nitrogen and oxygen atoms in total. The number of methoxy groups -OCH3 is 1. The van der Waals surface area contributed by atoms with Crippen LogP contribution in [0.3, 0.4) is 0 Å². The van der Waals surface area contributed by atoms with Gasteiger partial charge in [0.05, 0.1) is 11.2 Å². The molecule has 3 aromatic rings. The normalized spacial score (nSPS) is 25.9. The molecular formula is C25H24O8. The third-order valence-electron chi connectivity index (χ3n) is 6.17. The van der Waals surface area contributed by atoms with Crippen LogP contribution in [0.2, 0.25) is 0 Å². The summed E-state index contributed by atoms with van der Waals surface area (Å²) in [5, 5.41) is 0.790. The minimum Gasteiger partial charge on any atom is -0.461 e. The third kappa shape index (κ3) is 3.65. The van der Waals surface area contributed by atoms with Crippen LogP contribution >= 0.6 is 0 Å². The Kier molecular flexibility index (Phi) is 5.14. The minimum atomic E-state index is -0.934. The molecule has 1 aromatic heterocycles. The summed E-state index contributed by atoms with van der Waals surface area (Å²) >= 11 is 0. The van der Waals surface area contributed by atoms with Crippen LogP contribution in [-0.2, 0) is 18.9 Å². The first kappa shape index (κ1) is 21.5. The molecule has 3 heterocycles. The smallest absolute Gasteiger partial charge is 0.461 e. The molecular weight excluding hydrogens is 428 g/mol.